The molecule has 0 radical (unpaired) electrons. The molecule has 6 aromatic rings. The van der Waals surface area contributed by atoms with Gasteiger partial charge in [0.25, 0.3) is 0 Å². The van der Waals surface area contributed by atoms with Crippen LogP contribution in [0.5, 0.6) is 0 Å². The minimum absolute atomic E-state index is 0.535. The summed E-state index contributed by atoms with van der Waals surface area (Å²) in [5, 5.41) is 12.4. The zero-order valence-corrected chi connectivity index (χ0v) is 15.4. The topological polar surface area (TPSA) is 74.0 Å². The van der Waals surface area contributed by atoms with E-state index in [-0.39, 0.29) is 0 Å². The van der Waals surface area contributed by atoms with E-state index in [4.69, 9.17) is 4.42 Å². The maximum Gasteiger partial charge on any atom is 0.217 e. The van der Waals surface area contributed by atoms with E-state index in [0.717, 1.165) is 29.6 Å². The summed E-state index contributed by atoms with van der Waals surface area (Å²) in [6, 6.07) is 18.5. The second kappa shape index (κ2) is 6.27. The molecule has 0 aliphatic carbocycles. The van der Waals surface area contributed by atoms with Gasteiger partial charge in [0.2, 0.25) is 5.82 Å². The number of hydrogen-bond donors (Lipinski definition) is 0. The first-order chi connectivity index (χ1) is 14.4. The summed E-state index contributed by atoms with van der Waals surface area (Å²) in [5.41, 5.74) is 2.82. The van der Waals surface area contributed by atoms with Crippen molar-refractivity contribution in [1.82, 2.24) is 29.4 Å². The normalized spacial score (nSPS) is 11.7. The summed E-state index contributed by atoms with van der Waals surface area (Å²) in [7, 11) is 0. The summed E-state index contributed by atoms with van der Waals surface area (Å²) in [6.45, 7) is 0.736. The zero-order chi connectivity index (χ0) is 19.2. The first-order valence-corrected chi connectivity index (χ1v) is 9.44. The SMILES string of the molecule is c1coc(-c2nc3c4cnn(CCc5cccc6ccccc56)c4ncn3n2)c1. The van der Waals surface area contributed by atoms with Gasteiger partial charge in [-0.15, -0.1) is 5.10 Å². The lowest BCUT2D eigenvalue weighted by Crippen LogP contribution is -2.05. The van der Waals surface area contributed by atoms with Crippen LogP contribution in [-0.4, -0.2) is 29.4 Å². The molecule has 0 N–H and O–H groups in total. The molecule has 0 atom stereocenters. The molecular weight excluding hydrogens is 364 g/mol. The maximum absolute atomic E-state index is 5.41. The molecule has 0 fully saturated rings. The number of benzene rings is 2. The fourth-order valence-electron chi connectivity index (χ4n) is 3.78. The summed E-state index contributed by atoms with van der Waals surface area (Å²) < 4.78 is 9.00. The van der Waals surface area contributed by atoms with Crippen molar-refractivity contribution < 1.29 is 4.42 Å². The predicted molar refractivity (Wildman–Crippen MR) is 109 cm³/mol. The molecule has 4 heterocycles. The highest BCUT2D eigenvalue weighted by molar-refractivity contribution is 5.89. The Kier molecular flexibility index (Phi) is 3.46. The van der Waals surface area contributed by atoms with E-state index in [1.54, 1.807) is 23.3 Å². The standard InChI is InChI=1S/C22H16N6O/c1-2-8-17-15(5-1)6-3-7-16(17)10-11-27-21-18(13-24-27)22-25-20(19-9-4-12-29-19)26-28(22)14-23-21/h1-9,12-14H,10-11H2. The van der Waals surface area contributed by atoms with Crippen LogP contribution in [0.2, 0.25) is 0 Å². The summed E-state index contributed by atoms with van der Waals surface area (Å²) in [6.07, 6.45) is 5.96. The van der Waals surface area contributed by atoms with Crippen LogP contribution in [0, 0.1) is 0 Å². The third-order valence-corrected chi connectivity index (χ3v) is 5.19. The van der Waals surface area contributed by atoms with E-state index in [1.807, 2.05) is 16.8 Å². The number of aryl methyl sites for hydroxylation is 2. The molecule has 0 aliphatic heterocycles. The number of rotatable bonds is 4. The quantitative estimate of drug-likeness (QED) is 0.460. The fourth-order valence-corrected chi connectivity index (χ4v) is 3.78. The van der Waals surface area contributed by atoms with Gasteiger partial charge in [0, 0.05) is 6.54 Å². The van der Waals surface area contributed by atoms with Crippen molar-refractivity contribution >= 4 is 27.5 Å². The Bertz CT molecular complexity index is 1460. The minimum Gasteiger partial charge on any atom is -0.461 e. The van der Waals surface area contributed by atoms with Gasteiger partial charge in [-0.05, 0) is 34.9 Å². The van der Waals surface area contributed by atoms with Crippen molar-refractivity contribution in [3.8, 4) is 11.6 Å². The van der Waals surface area contributed by atoms with Crippen molar-refractivity contribution in [1.29, 1.82) is 0 Å². The predicted octanol–water partition coefficient (Wildman–Crippen LogP) is 4.13. The van der Waals surface area contributed by atoms with E-state index >= 15 is 0 Å². The average molecular weight is 380 g/mol. The fraction of sp³-hybridized carbons (Fsp3) is 0.0909. The van der Waals surface area contributed by atoms with Gasteiger partial charge in [-0.1, -0.05) is 42.5 Å². The lowest BCUT2D eigenvalue weighted by molar-refractivity contribution is 0.577. The molecule has 7 nitrogen and oxygen atoms in total. The molecule has 140 valence electrons. The molecule has 7 heteroatoms. The van der Waals surface area contributed by atoms with Gasteiger partial charge in [0.05, 0.1) is 17.8 Å². The second-order valence-electron chi connectivity index (χ2n) is 6.92. The molecular formula is C22H16N6O. The van der Waals surface area contributed by atoms with E-state index in [0.29, 0.717) is 11.6 Å². The lowest BCUT2D eigenvalue weighted by Gasteiger charge is -2.07. The van der Waals surface area contributed by atoms with Gasteiger partial charge in [-0.2, -0.15) is 5.10 Å². The number of furan rings is 1. The molecule has 4 aromatic heterocycles. The van der Waals surface area contributed by atoms with Crippen molar-refractivity contribution in [3.63, 3.8) is 0 Å². The van der Waals surface area contributed by atoms with Crippen molar-refractivity contribution in [2.24, 2.45) is 0 Å². The van der Waals surface area contributed by atoms with Gasteiger partial charge in [-0.25, -0.2) is 19.2 Å². The van der Waals surface area contributed by atoms with Crippen molar-refractivity contribution in [3.05, 3.63) is 78.9 Å². The third kappa shape index (κ3) is 2.59. The summed E-state index contributed by atoms with van der Waals surface area (Å²) in [5.74, 6) is 1.16. The Morgan fingerprint density at radius 3 is 2.76 bits per heavy atom. The Hall–Kier alpha value is -4.00. The molecule has 0 aliphatic rings. The van der Waals surface area contributed by atoms with Crippen LogP contribution in [-0.2, 0) is 13.0 Å². The molecule has 29 heavy (non-hydrogen) atoms. The minimum atomic E-state index is 0.535. The van der Waals surface area contributed by atoms with Crippen LogP contribution in [0.4, 0.5) is 0 Å². The van der Waals surface area contributed by atoms with Gasteiger partial charge in [0.1, 0.15) is 6.33 Å². The first kappa shape index (κ1) is 16.0. The highest BCUT2D eigenvalue weighted by Crippen LogP contribution is 2.23. The third-order valence-electron chi connectivity index (χ3n) is 5.19. The van der Waals surface area contributed by atoms with Crippen LogP contribution in [0.3, 0.4) is 0 Å². The molecule has 2 aromatic carbocycles. The molecule has 0 saturated heterocycles. The number of fused-ring (bicyclic) bond motifs is 4. The van der Waals surface area contributed by atoms with Gasteiger partial charge in [-0.3, -0.25) is 0 Å². The number of hydrogen-bond acceptors (Lipinski definition) is 5. The first-order valence-electron chi connectivity index (χ1n) is 9.44. The van der Waals surface area contributed by atoms with Crippen LogP contribution in [0.1, 0.15) is 5.56 Å². The van der Waals surface area contributed by atoms with Crippen LogP contribution in [0.15, 0.2) is 77.8 Å². The maximum atomic E-state index is 5.41. The Morgan fingerprint density at radius 2 is 1.83 bits per heavy atom. The number of nitrogens with zero attached hydrogens (tertiary/aromatic N) is 6. The molecule has 0 amide bonds. The molecule has 0 bridgehead atoms. The van der Waals surface area contributed by atoms with Crippen LogP contribution < -0.4 is 0 Å². The monoisotopic (exact) mass is 380 g/mol. The van der Waals surface area contributed by atoms with E-state index < -0.39 is 0 Å². The average Bonchev–Trinajstić information content (AvgIpc) is 3.50. The molecule has 0 spiro atoms. The van der Waals surface area contributed by atoms with Gasteiger partial charge < -0.3 is 4.42 Å². The smallest absolute Gasteiger partial charge is 0.217 e. The summed E-state index contributed by atoms with van der Waals surface area (Å²) in [4.78, 5) is 9.19. The Morgan fingerprint density at radius 1 is 0.897 bits per heavy atom. The largest absolute Gasteiger partial charge is 0.461 e. The van der Waals surface area contributed by atoms with Crippen LogP contribution >= 0.6 is 0 Å². The molecule has 0 saturated carbocycles. The second-order valence-corrected chi connectivity index (χ2v) is 6.92. The van der Waals surface area contributed by atoms with Crippen LogP contribution in [0.25, 0.3) is 39.0 Å². The van der Waals surface area contributed by atoms with Gasteiger partial charge >= 0.3 is 0 Å². The van der Waals surface area contributed by atoms with Crippen molar-refractivity contribution in [2.45, 2.75) is 13.0 Å². The summed E-state index contributed by atoms with van der Waals surface area (Å²) >= 11 is 0. The molecule has 0 unspecified atom stereocenters. The molecule has 6 rings (SSSR count). The zero-order valence-electron chi connectivity index (χ0n) is 15.4. The van der Waals surface area contributed by atoms with E-state index in [2.05, 4.69) is 62.6 Å². The van der Waals surface area contributed by atoms with E-state index in [9.17, 15) is 0 Å². The Labute approximate surface area is 165 Å². The highest BCUT2D eigenvalue weighted by Gasteiger charge is 2.15. The Balaban J connectivity index is 1.37. The van der Waals surface area contributed by atoms with Crippen molar-refractivity contribution in [2.75, 3.05) is 0 Å². The highest BCUT2D eigenvalue weighted by atomic mass is 16.3. The van der Waals surface area contributed by atoms with Gasteiger partial charge in [0.15, 0.2) is 17.1 Å². The lowest BCUT2D eigenvalue weighted by atomic mass is 10.0. The number of aromatic nitrogens is 6. The van der Waals surface area contributed by atoms with E-state index in [1.165, 1.54) is 16.3 Å².